The fraction of sp³-hybridized carbons (Fsp3) is 0.105. The summed E-state index contributed by atoms with van der Waals surface area (Å²) in [6, 6.07) is 19.2. The van der Waals surface area contributed by atoms with Crippen molar-refractivity contribution in [3.05, 3.63) is 65.7 Å². The summed E-state index contributed by atoms with van der Waals surface area (Å²) in [5.74, 6) is 0.424. The Morgan fingerprint density at radius 2 is 1.75 bits per heavy atom. The summed E-state index contributed by atoms with van der Waals surface area (Å²) in [6.07, 6.45) is 0. The van der Waals surface area contributed by atoms with E-state index in [4.69, 9.17) is 16.3 Å². The molecular weight excluding hydrogens is 324 g/mol. The Morgan fingerprint density at radius 3 is 2.50 bits per heavy atom. The lowest BCUT2D eigenvalue weighted by Crippen LogP contribution is -2.21. The number of nitrogens with one attached hydrogen (secondary N) is 2. The van der Waals surface area contributed by atoms with E-state index in [1.54, 1.807) is 25.3 Å². The first-order valence-corrected chi connectivity index (χ1v) is 7.89. The summed E-state index contributed by atoms with van der Waals surface area (Å²) in [5, 5.41) is 8.68. The highest BCUT2D eigenvalue weighted by atomic mass is 35.5. The molecule has 3 aromatic carbocycles. The highest BCUT2D eigenvalue weighted by Gasteiger charge is 2.06. The Morgan fingerprint density at radius 1 is 1.00 bits per heavy atom. The zero-order valence-electron chi connectivity index (χ0n) is 13.2. The van der Waals surface area contributed by atoms with E-state index in [1.807, 2.05) is 36.4 Å². The lowest BCUT2D eigenvalue weighted by molar-refractivity contribution is -0.114. The molecule has 24 heavy (non-hydrogen) atoms. The zero-order valence-corrected chi connectivity index (χ0v) is 13.9. The van der Waals surface area contributed by atoms with E-state index in [9.17, 15) is 4.79 Å². The van der Waals surface area contributed by atoms with Gasteiger partial charge in [0.05, 0.1) is 18.7 Å². The van der Waals surface area contributed by atoms with Crippen LogP contribution in [0.15, 0.2) is 60.7 Å². The number of anilines is 2. The van der Waals surface area contributed by atoms with Gasteiger partial charge in [-0.25, -0.2) is 0 Å². The molecule has 0 spiro atoms. The van der Waals surface area contributed by atoms with Gasteiger partial charge in [0, 0.05) is 11.4 Å². The fourth-order valence-electron chi connectivity index (χ4n) is 2.43. The monoisotopic (exact) mass is 340 g/mol. The molecule has 0 saturated carbocycles. The quantitative estimate of drug-likeness (QED) is 0.716. The fourth-order valence-corrected chi connectivity index (χ4v) is 2.69. The Kier molecular flexibility index (Phi) is 4.87. The molecule has 5 heteroatoms. The van der Waals surface area contributed by atoms with E-state index in [1.165, 1.54) is 5.39 Å². The molecule has 4 nitrogen and oxygen atoms in total. The van der Waals surface area contributed by atoms with E-state index in [0.29, 0.717) is 16.5 Å². The predicted molar refractivity (Wildman–Crippen MR) is 99.1 cm³/mol. The summed E-state index contributed by atoms with van der Waals surface area (Å²) in [5.41, 5.74) is 1.53. The van der Waals surface area contributed by atoms with Crippen molar-refractivity contribution in [3.8, 4) is 5.75 Å². The Bertz CT molecular complexity index is 880. The maximum atomic E-state index is 12.1. The van der Waals surface area contributed by atoms with Crippen molar-refractivity contribution < 1.29 is 9.53 Å². The summed E-state index contributed by atoms with van der Waals surface area (Å²) in [7, 11) is 1.55. The number of amides is 1. The summed E-state index contributed by atoms with van der Waals surface area (Å²) < 4.78 is 5.09. The van der Waals surface area contributed by atoms with Crippen LogP contribution in [0, 0.1) is 0 Å². The summed E-state index contributed by atoms with van der Waals surface area (Å²) in [6.45, 7) is 0.169. The lowest BCUT2D eigenvalue weighted by atomic mass is 10.1. The van der Waals surface area contributed by atoms with Crippen molar-refractivity contribution in [1.82, 2.24) is 0 Å². The third-order valence-corrected chi connectivity index (χ3v) is 3.93. The topological polar surface area (TPSA) is 50.4 Å². The van der Waals surface area contributed by atoms with Crippen LogP contribution in [0.25, 0.3) is 10.8 Å². The number of rotatable bonds is 5. The molecule has 0 unspecified atom stereocenters. The summed E-state index contributed by atoms with van der Waals surface area (Å²) in [4.78, 5) is 12.1. The van der Waals surface area contributed by atoms with Crippen molar-refractivity contribution in [2.75, 3.05) is 24.3 Å². The van der Waals surface area contributed by atoms with Crippen LogP contribution in [0.4, 0.5) is 11.4 Å². The maximum Gasteiger partial charge on any atom is 0.243 e. The van der Waals surface area contributed by atoms with Crippen molar-refractivity contribution in [3.63, 3.8) is 0 Å². The minimum atomic E-state index is -0.149. The van der Waals surface area contributed by atoms with Crippen molar-refractivity contribution in [2.24, 2.45) is 0 Å². The molecule has 0 aromatic heterocycles. The average molecular weight is 341 g/mol. The van der Waals surface area contributed by atoms with Crippen LogP contribution in [-0.2, 0) is 4.79 Å². The number of hydrogen-bond acceptors (Lipinski definition) is 3. The molecule has 3 rings (SSSR count). The Hall–Kier alpha value is -2.72. The molecular formula is C19H17ClN2O2. The Balaban J connectivity index is 1.61. The third-order valence-electron chi connectivity index (χ3n) is 3.64. The van der Waals surface area contributed by atoms with E-state index >= 15 is 0 Å². The molecule has 2 N–H and O–H groups in total. The Labute approximate surface area is 145 Å². The minimum Gasteiger partial charge on any atom is -0.495 e. The number of methoxy groups -OCH3 is 1. The first-order chi connectivity index (χ1) is 11.7. The normalized spacial score (nSPS) is 10.4. The van der Waals surface area contributed by atoms with Gasteiger partial charge < -0.3 is 15.4 Å². The second-order valence-electron chi connectivity index (χ2n) is 5.31. The minimum absolute atomic E-state index is 0.149. The lowest BCUT2D eigenvalue weighted by Gasteiger charge is -2.10. The molecule has 0 bridgehead atoms. The van der Waals surface area contributed by atoms with Crippen LogP contribution in [0.1, 0.15) is 0 Å². The van der Waals surface area contributed by atoms with Gasteiger partial charge in [-0.15, -0.1) is 0 Å². The van der Waals surface area contributed by atoms with Gasteiger partial charge in [-0.05, 0) is 41.1 Å². The van der Waals surface area contributed by atoms with E-state index < -0.39 is 0 Å². The predicted octanol–water partition coefficient (Wildman–Crippen LogP) is 4.55. The van der Waals surface area contributed by atoms with Crippen LogP contribution >= 0.6 is 11.6 Å². The van der Waals surface area contributed by atoms with Gasteiger partial charge in [0.1, 0.15) is 5.75 Å². The van der Waals surface area contributed by atoms with Gasteiger partial charge in [0.25, 0.3) is 0 Å². The van der Waals surface area contributed by atoms with Crippen LogP contribution in [0.3, 0.4) is 0 Å². The van der Waals surface area contributed by atoms with E-state index in [-0.39, 0.29) is 12.5 Å². The highest BCUT2D eigenvalue weighted by molar-refractivity contribution is 6.32. The van der Waals surface area contributed by atoms with Crippen molar-refractivity contribution in [1.29, 1.82) is 0 Å². The molecule has 0 fully saturated rings. The molecule has 0 heterocycles. The SMILES string of the molecule is COc1ccc(NC(=O)CNc2ccc3ccccc3c2)cc1Cl. The number of halogens is 1. The molecule has 3 aromatic rings. The number of carbonyl (C=O) groups is 1. The third kappa shape index (κ3) is 3.78. The van der Waals surface area contributed by atoms with Crippen molar-refractivity contribution >= 4 is 39.7 Å². The number of benzene rings is 3. The molecule has 0 aliphatic rings. The van der Waals surface area contributed by atoms with Gasteiger partial charge in [-0.3, -0.25) is 4.79 Å². The molecule has 0 saturated heterocycles. The standard InChI is InChI=1S/C19H17ClN2O2/c1-24-18-9-8-16(11-17(18)20)22-19(23)12-21-15-7-6-13-4-2-3-5-14(13)10-15/h2-11,21H,12H2,1H3,(H,22,23). The first kappa shape index (κ1) is 16.1. The van der Waals surface area contributed by atoms with Gasteiger partial charge in [0.2, 0.25) is 5.91 Å². The van der Waals surface area contributed by atoms with Gasteiger partial charge in [-0.2, -0.15) is 0 Å². The van der Waals surface area contributed by atoms with Crippen molar-refractivity contribution in [2.45, 2.75) is 0 Å². The summed E-state index contributed by atoms with van der Waals surface area (Å²) >= 11 is 6.05. The molecule has 0 atom stereocenters. The van der Waals surface area contributed by atoms with Crippen LogP contribution in [-0.4, -0.2) is 19.6 Å². The van der Waals surface area contributed by atoms with E-state index in [2.05, 4.69) is 16.7 Å². The first-order valence-electron chi connectivity index (χ1n) is 7.52. The van der Waals surface area contributed by atoms with Gasteiger partial charge in [0.15, 0.2) is 0 Å². The van der Waals surface area contributed by atoms with Crippen LogP contribution in [0.2, 0.25) is 5.02 Å². The molecule has 0 radical (unpaired) electrons. The molecule has 1 amide bonds. The second kappa shape index (κ2) is 7.23. The number of fused-ring (bicyclic) bond motifs is 1. The van der Waals surface area contributed by atoms with Crippen LogP contribution < -0.4 is 15.4 Å². The molecule has 0 aliphatic carbocycles. The molecule has 0 aliphatic heterocycles. The second-order valence-corrected chi connectivity index (χ2v) is 5.72. The van der Waals surface area contributed by atoms with Crippen LogP contribution in [0.5, 0.6) is 5.75 Å². The largest absolute Gasteiger partial charge is 0.495 e. The number of hydrogen-bond donors (Lipinski definition) is 2. The smallest absolute Gasteiger partial charge is 0.243 e. The number of carbonyl (C=O) groups excluding carboxylic acids is 1. The maximum absolute atomic E-state index is 12.1. The highest BCUT2D eigenvalue weighted by Crippen LogP contribution is 2.27. The number of ether oxygens (including phenoxy) is 1. The molecule has 122 valence electrons. The van der Waals surface area contributed by atoms with E-state index in [0.717, 1.165) is 11.1 Å². The van der Waals surface area contributed by atoms with Gasteiger partial charge in [-0.1, -0.05) is 41.9 Å². The van der Waals surface area contributed by atoms with Gasteiger partial charge >= 0.3 is 0 Å². The average Bonchev–Trinajstić information content (AvgIpc) is 2.60. The zero-order chi connectivity index (χ0) is 16.9.